The molecule has 142 valence electrons. The van der Waals surface area contributed by atoms with Gasteiger partial charge in [0.05, 0.1) is 16.2 Å². The van der Waals surface area contributed by atoms with Gasteiger partial charge in [0.25, 0.3) is 5.56 Å². The number of benzene rings is 2. The summed E-state index contributed by atoms with van der Waals surface area (Å²) < 4.78 is 0. The molecule has 1 aliphatic rings. The van der Waals surface area contributed by atoms with Gasteiger partial charge >= 0.3 is 5.69 Å². The first-order chi connectivity index (χ1) is 13.5. The Kier molecular flexibility index (Phi) is 4.62. The monoisotopic (exact) mass is 378 g/mol. The Morgan fingerprint density at radius 3 is 2.71 bits per heavy atom. The standard InChI is InChI=1S/C20H18N4O4/c25-18-14(7-4-8-17(18)24(27)28)11-23-10-9-16-15(12-23)20(26)22-19(21-16)13-5-2-1-3-6-13/h1-8,25H,9-12H2,(H,21,22,26). The number of hydrogen-bond donors (Lipinski definition) is 2. The van der Waals surface area contributed by atoms with Crippen LogP contribution in [0.5, 0.6) is 5.75 Å². The minimum absolute atomic E-state index is 0.184. The Morgan fingerprint density at radius 2 is 1.96 bits per heavy atom. The molecule has 0 unspecified atom stereocenters. The highest BCUT2D eigenvalue weighted by Gasteiger charge is 2.24. The number of para-hydroxylation sites is 1. The summed E-state index contributed by atoms with van der Waals surface area (Å²) in [6.45, 7) is 1.32. The van der Waals surface area contributed by atoms with Crippen LogP contribution in [0.4, 0.5) is 5.69 Å². The van der Waals surface area contributed by atoms with Crippen LogP contribution >= 0.6 is 0 Å². The number of fused-ring (bicyclic) bond motifs is 1. The largest absolute Gasteiger partial charge is 0.502 e. The molecule has 8 heteroatoms. The van der Waals surface area contributed by atoms with Crippen LogP contribution in [0.25, 0.3) is 11.4 Å². The van der Waals surface area contributed by atoms with Gasteiger partial charge in [-0.05, 0) is 0 Å². The second kappa shape index (κ2) is 7.24. The first-order valence-corrected chi connectivity index (χ1v) is 8.88. The molecule has 1 aliphatic heterocycles. The van der Waals surface area contributed by atoms with Crippen molar-refractivity contribution in [2.24, 2.45) is 0 Å². The summed E-state index contributed by atoms with van der Waals surface area (Å²) in [7, 11) is 0. The van der Waals surface area contributed by atoms with Crippen LogP contribution in [0.15, 0.2) is 53.3 Å². The molecule has 0 bridgehead atoms. The molecule has 8 nitrogen and oxygen atoms in total. The highest BCUT2D eigenvalue weighted by Crippen LogP contribution is 2.31. The molecule has 3 aromatic rings. The van der Waals surface area contributed by atoms with Gasteiger partial charge in [-0.15, -0.1) is 0 Å². The van der Waals surface area contributed by atoms with Crippen LogP contribution in [0, 0.1) is 10.1 Å². The SMILES string of the molecule is O=c1[nH]c(-c2ccccc2)nc2c1CN(Cc1cccc([N+](=O)[O-])c1O)CC2. The average Bonchev–Trinajstić information content (AvgIpc) is 2.70. The first kappa shape index (κ1) is 17.9. The summed E-state index contributed by atoms with van der Waals surface area (Å²) in [5, 5.41) is 21.2. The predicted octanol–water partition coefficient (Wildman–Crippen LogP) is 2.61. The van der Waals surface area contributed by atoms with Gasteiger partial charge in [0.2, 0.25) is 0 Å². The highest BCUT2D eigenvalue weighted by atomic mass is 16.6. The van der Waals surface area contributed by atoms with Gasteiger partial charge in [0.1, 0.15) is 5.82 Å². The molecule has 2 heterocycles. The van der Waals surface area contributed by atoms with Crippen molar-refractivity contribution in [2.45, 2.75) is 19.5 Å². The number of H-pyrrole nitrogens is 1. The molecule has 0 aliphatic carbocycles. The van der Waals surface area contributed by atoms with E-state index in [0.717, 1.165) is 11.3 Å². The molecule has 2 N–H and O–H groups in total. The molecule has 0 atom stereocenters. The lowest BCUT2D eigenvalue weighted by Crippen LogP contribution is -2.35. The lowest BCUT2D eigenvalue weighted by Gasteiger charge is -2.27. The Labute approximate surface area is 160 Å². The molecule has 1 aromatic heterocycles. The fourth-order valence-corrected chi connectivity index (χ4v) is 3.44. The number of aromatic amines is 1. The van der Waals surface area contributed by atoms with Crippen molar-refractivity contribution in [3.63, 3.8) is 0 Å². The average molecular weight is 378 g/mol. The number of aromatic hydroxyl groups is 1. The zero-order valence-electron chi connectivity index (χ0n) is 15.0. The number of nitrogens with zero attached hydrogens (tertiary/aromatic N) is 3. The van der Waals surface area contributed by atoms with Crippen molar-refractivity contribution in [1.82, 2.24) is 14.9 Å². The third kappa shape index (κ3) is 3.37. The van der Waals surface area contributed by atoms with Crippen LogP contribution in [-0.4, -0.2) is 31.4 Å². The van der Waals surface area contributed by atoms with E-state index in [-0.39, 0.29) is 17.0 Å². The maximum Gasteiger partial charge on any atom is 0.311 e. The van der Waals surface area contributed by atoms with Gasteiger partial charge in [0.15, 0.2) is 5.75 Å². The zero-order valence-corrected chi connectivity index (χ0v) is 15.0. The van der Waals surface area contributed by atoms with Crippen LogP contribution in [0.3, 0.4) is 0 Å². The van der Waals surface area contributed by atoms with E-state index in [1.807, 2.05) is 35.2 Å². The van der Waals surface area contributed by atoms with E-state index in [1.54, 1.807) is 12.1 Å². The number of rotatable bonds is 4. The fraction of sp³-hybridized carbons (Fsp3) is 0.200. The maximum absolute atomic E-state index is 12.6. The number of nitro benzene ring substituents is 1. The molecule has 2 aromatic carbocycles. The van der Waals surface area contributed by atoms with E-state index in [4.69, 9.17) is 0 Å². The molecule has 0 radical (unpaired) electrons. The number of nitrogens with one attached hydrogen (secondary N) is 1. The smallest absolute Gasteiger partial charge is 0.311 e. The van der Waals surface area contributed by atoms with Crippen LogP contribution in [0.2, 0.25) is 0 Å². The van der Waals surface area contributed by atoms with Crippen LogP contribution in [0.1, 0.15) is 16.8 Å². The minimum atomic E-state index is -0.607. The summed E-state index contributed by atoms with van der Waals surface area (Å²) in [6.07, 6.45) is 0.592. The van der Waals surface area contributed by atoms with E-state index < -0.39 is 4.92 Å². The zero-order chi connectivity index (χ0) is 19.7. The fourth-order valence-electron chi connectivity index (χ4n) is 3.44. The maximum atomic E-state index is 12.6. The first-order valence-electron chi connectivity index (χ1n) is 8.88. The Bertz CT molecular complexity index is 1100. The van der Waals surface area contributed by atoms with Gasteiger partial charge in [-0.1, -0.05) is 42.5 Å². The summed E-state index contributed by atoms with van der Waals surface area (Å²) >= 11 is 0. The number of phenolic OH excluding ortho intramolecular Hbond substituents is 1. The molecule has 28 heavy (non-hydrogen) atoms. The molecule has 0 fully saturated rings. The number of hydrogen-bond acceptors (Lipinski definition) is 6. The molecule has 0 saturated carbocycles. The Morgan fingerprint density at radius 1 is 1.18 bits per heavy atom. The Hall–Kier alpha value is -3.52. The Balaban J connectivity index is 1.59. The lowest BCUT2D eigenvalue weighted by molar-refractivity contribution is -0.385. The van der Waals surface area contributed by atoms with Crippen molar-refractivity contribution in [2.75, 3.05) is 6.54 Å². The van der Waals surface area contributed by atoms with Gasteiger partial charge < -0.3 is 10.1 Å². The van der Waals surface area contributed by atoms with Crippen molar-refractivity contribution in [3.8, 4) is 17.1 Å². The number of nitro groups is 1. The van der Waals surface area contributed by atoms with Crippen molar-refractivity contribution in [1.29, 1.82) is 0 Å². The van der Waals surface area contributed by atoms with E-state index in [1.165, 1.54) is 6.07 Å². The topological polar surface area (TPSA) is 112 Å². The molecular weight excluding hydrogens is 360 g/mol. The van der Waals surface area contributed by atoms with E-state index >= 15 is 0 Å². The normalized spacial score (nSPS) is 13.9. The summed E-state index contributed by atoms with van der Waals surface area (Å²) in [5.74, 6) is 0.221. The number of aromatic nitrogens is 2. The van der Waals surface area contributed by atoms with Gasteiger partial charge in [-0.3, -0.25) is 19.8 Å². The molecule has 0 amide bonds. The van der Waals surface area contributed by atoms with E-state index in [2.05, 4.69) is 9.97 Å². The summed E-state index contributed by atoms with van der Waals surface area (Å²) in [4.78, 5) is 32.4. The highest BCUT2D eigenvalue weighted by molar-refractivity contribution is 5.55. The molecule has 0 spiro atoms. The van der Waals surface area contributed by atoms with E-state index in [9.17, 15) is 20.0 Å². The van der Waals surface area contributed by atoms with Crippen LogP contribution in [-0.2, 0) is 19.5 Å². The third-order valence-corrected chi connectivity index (χ3v) is 4.88. The van der Waals surface area contributed by atoms with Crippen LogP contribution < -0.4 is 5.56 Å². The van der Waals surface area contributed by atoms with E-state index in [0.29, 0.717) is 43.0 Å². The molecular formula is C20H18N4O4. The van der Waals surface area contributed by atoms with Gasteiger partial charge in [-0.2, -0.15) is 0 Å². The third-order valence-electron chi connectivity index (χ3n) is 4.88. The summed E-state index contributed by atoms with van der Waals surface area (Å²) in [6, 6.07) is 13.9. The van der Waals surface area contributed by atoms with Gasteiger partial charge in [-0.25, -0.2) is 4.98 Å². The van der Waals surface area contributed by atoms with Gasteiger partial charge in [0, 0.05) is 43.2 Å². The lowest BCUT2D eigenvalue weighted by atomic mass is 10.0. The second-order valence-corrected chi connectivity index (χ2v) is 6.71. The van der Waals surface area contributed by atoms with Crippen molar-refractivity contribution >= 4 is 5.69 Å². The quantitative estimate of drug-likeness (QED) is 0.533. The second-order valence-electron chi connectivity index (χ2n) is 6.71. The van der Waals surface area contributed by atoms with Crippen molar-refractivity contribution < 1.29 is 10.0 Å². The number of phenols is 1. The molecule has 4 rings (SSSR count). The predicted molar refractivity (Wildman–Crippen MR) is 103 cm³/mol. The summed E-state index contributed by atoms with van der Waals surface area (Å²) in [5.41, 5.74) is 2.17. The minimum Gasteiger partial charge on any atom is -0.502 e. The van der Waals surface area contributed by atoms with Crippen molar-refractivity contribution in [3.05, 3.63) is 85.8 Å². The molecule has 0 saturated heterocycles.